The van der Waals surface area contributed by atoms with E-state index in [1.165, 1.54) is 0 Å². The lowest BCUT2D eigenvalue weighted by molar-refractivity contribution is -0.146. The van der Waals surface area contributed by atoms with Gasteiger partial charge < -0.3 is 33.3 Å². The Morgan fingerprint density at radius 1 is 0.756 bits per heavy atom. The van der Waals surface area contributed by atoms with Gasteiger partial charge in [-0.05, 0) is 25.5 Å². The van der Waals surface area contributed by atoms with E-state index in [0.717, 1.165) is 17.7 Å². The Labute approximate surface area is 266 Å². The van der Waals surface area contributed by atoms with Gasteiger partial charge in [0.05, 0.1) is 46.1 Å². The zero-order valence-corrected chi connectivity index (χ0v) is 26.7. The summed E-state index contributed by atoms with van der Waals surface area (Å²) >= 11 is 0. The molecule has 250 valence electrons. The molecule has 1 aliphatic rings. The van der Waals surface area contributed by atoms with Crippen LogP contribution >= 0.6 is 0 Å². The van der Waals surface area contributed by atoms with E-state index in [-0.39, 0.29) is 77.8 Å². The normalized spacial score (nSPS) is 13.6. The Morgan fingerprint density at radius 3 is 1.71 bits per heavy atom. The molecular weight excluding hydrogens is 584 g/mol. The molecule has 2 rings (SSSR count). The number of carbonyl (C=O) groups excluding carboxylic acids is 4. The molecule has 0 N–H and O–H groups in total. The minimum absolute atomic E-state index is 0.0299. The van der Waals surface area contributed by atoms with E-state index in [0.29, 0.717) is 44.7 Å². The number of hydrogen-bond donors (Lipinski definition) is 0. The lowest BCUT2D eigenvalue weighted by Gasteiger charge is -2.34. The molecule has 12 heteroatoms. The van der Waals surface area contributed by atoms with Gasteiger partial charge in [0.15, 0.2) is 0 Å². The first kappa shape index (κ1) is 37.6. The Kier molecular flexibility index (Phi) is 17.7. The van der Waals surface area contributed by atoms with Crippen LogP contribution in [0.2, 0.25) is 0 Å². The van der Waals surface area contributed by atoms with Gasteiger partial charge in [0.25, 0.3) is 5.91 Å². The van der Waals surface area contributed by atoms with Gasteiger partial charge in [-0.3, -0.25) is 14.5 Å². The topological polar surface area (TPSA) is 130 Å². The van der Waals surface area contributed by atoms with Crippen molar-refractivity contribution in [1.82, 2.24) is 9.80 Å². The molecule has 45 heavy (non-hydrogen) atoms. The molecule has 0 atom stereocenters. The maximum absolute atomic E-state index is 12.7. The molecule has 0 aliphatic carbocycles. The molecule has 1 aliphatic heterocycles. The third-order valence-corrected chi connectivity index (χ3v) is 7.33. The quantitative estimate of drug-likeness (QED) is 0.0809. The summed E-state index contributed by atoms with van der Waals surface area (Å²) in [5.41, 5.74) is 1.27. The summed E-state index contributed by atoms with van der Waals surface area (Å²) in [6.45, 7) is 15.5. The standard InChI is InChI=1S/C33H48N2O10/c1-5-29(36)43-21-18-40-24-33(7-3,25-41-19-22-44-30(37)6-2)26-42-20-23-45-31(38)12-13-34-14-16-35(17-15-34)32(39)28-10-8-27(4)9-11-28/h5-6,8-11H,1-2,7,12-26H2,3-4H3. The zero-order chi connectivity index (χ0) is 32.9. The van der Waals surface area contributed by atoms with Crippen molar-refractivity contribution in [3.05, 3.63) is 60.7 Å². The van der Waals surface area contributed by atoms with Gasteiger partial charge in [-0.2, -0.15) is 0 Å². The summed E-state index contributed by atoms with van der Waals surface area (Å²) in [5.74, 6) is -1.33. The number of aryl methyl sites for hydroxylation is 1. The van der Waals surface area contributed by atoms with Gasteiger partial charge in [-0.1, -0.05) is 37.8 Å². The van der Waals surface area contributed by atoms with E-state index >= 15 is 0 Å². The number of piperazine rings is 1. The lowest BCUT2D eigenvalue weighted by atomic mass is 9.88. The number of amides is 1. The first-order valence-electron chi connectivity index (χ1n) is 15.3. The van der Waals surface area contributed by atoms with Crippen molar-refractivity contribution in [2.45, 2.75) is 26.7 Å². The molecule has 1 aromatic rings. The molecule has 1 heterocycles. The average Bonchev–Trinajstić information content (AvgIpc) is 3.06. The number of rotatable bonds is 22. The highest BCUT2D eigenvalue weighted by Gasteiger charge is 2.30. The van der Waals surface area contributed by atoms with E-state index in [2.05, 4.69) is 18.1 Å². The number of benzene rings is 1. The minimum Gasteiger partial charge on any atom is -0.463 e. The molecule has 1 amide bonds. The van der Waals surface area contributed by atoms with Crippen molar-refractivity contribution in [2.24, 2.45) is 5.41 Å². The van der Waals surface area contributed by atoms with Crippen molar-refractivity contribution in [1.29, 1.82) is 0 Å². The molecule has 0 spiro atoms. The van der Waals surface area contributed by atoms with Gasteiger partial charge in [0, 0.05) is 55.9 Å². The van der Waals surface area contributed by atoms with Crippen molar-refractivity contribution >= 4 is 23.8 Å². The second kappa shape index (κ2) is 21.2. The third kappa shape index (κ3) is 14.8. The fourth-order valence-corrected chi connectivity index (χ4v) is 4.41. The largest absolute Gasteiger partial charge is 0.463 e. The van der Waals surface area contributed by atoms with Gasteiger partial charge in [-0.25, -0.2) is 9.59 Å². The van der Waals surface area contributed by atoms with Crippen molar-refractivity contribution in [2.75, 3.05) is 92.2 Å². The monoisotopic (exact) mass is 632 g/mol. The Balaban J connectivity index is 1.68. The number of carbonyl (C=O) groups is 4. The van der Waals surface area contributed by atoms with Crippen LogP contribution in [0.4, 0.5) is 0 Å². The van der Waals surface area contributed by atoms with E-state index in [4.69, 9.17) is 28.4 Å². The van der Waals surface area contributed by atoms with Crippen LogP contribution in [0.1, 0.15) is 35.7 Å². The maximum atomic E-state index is 12.7. The smallest absolute Gasteiger partial charge is 0.330 e. The second-order valence-corrected chi connectivity index (χ2v) is 10.7. The SMILES string of the molecule is C=CC(=O)OCCOCC(CC)(COCCOC(=O)C=C)COCCOC(=O)CCN1CCN(C(=O)c2ccc(C)cc2)CC1. The van der Waals surface area contributed by atoms with Gasteiger partial charge in [0.1, 0.15) is 19.8 Å². The van der Waals surface area contributed by atoms with Crippen LogP contribution in [-0.2, 0) is 42.8 Å². The Hall–Kier alpha value is -3.58. The lowest BCUT2D eigenvalue weighted by Crippen LogP contribution is -2.49. The highest BCUT2D eigenvalue weighted by Crippen LogP contribution is 2.24. The van der Waals surface area contributed by atoms with E-state index < -0.39 is 17.4 Å². The van der Waals surface area contributed by atoms with Crippen LogP contribution in [0.3, 0.4) is 0 Å². The predicted octanol–water partition coefficient (Wildman–Crippen LogP) is 2.59. The summed E-state index contributed by atoms with van der Waals surface area (Å²) < 4.78 is 32.6. The molecule has 1 aromatic carbocycles. The number of hydrogen-bond acceptors (Lipinski definition) is 11. The van der Waals surface area contributed by atoms with Crippen molar-refractivity contribution < 1.29 is 47.6 Å². The molecule has 0 radical (unpaired) electrons. The van der Waals surface area contributed by atoms with Crippen LogP contribution in [0, 0.1) is 12.3 Å². The molecule has 1 fully saturated rings. The van der Waals surface area contributed by atoms with Crippen LogP contribution in [0.25, 0.3) is 0 Å². The molecule has 1 saturated heterocycles. The number of nitrogens with zero attached hydrogens (tertiary/aromatic N) is 2. The molecule has 0 bridgehead atoms. The van der Waals surface area contributed by atoms with Crippen LogP contribution in [0.15, 0.2) is 49.6 Å². The van der Waals surface area contributed by atoms with Gasteiger partial charge in [0.2, 0.25) is 0 Å². The molecule has 0 aromatic heterocycles. The van der Waals surface area contributed by atoms with Crippen LogP contribution < -0.4 is 0 Å². The van der Waals surface area contributed by atoms with E-state index in [1.54, 1.807) is 0 Å². The summed E-state index contributed by atoms with van der Waals surface area (Å²) in [7, 11) is 0. The molecular formula is C33H48N2O10. The highest BCUT2D eigenvalue weighted by atomic mass is 16.6. The third-order valence-electron chi connectivity index (χ3n) is 7.33. The number of esters is 3. The fraction of sp³-hybridized carbons (Fsp3) is 0.576. The molecule has 0 unspecified atom stereocenters. The number of ether oxygens (including phenoxy) is 6. The minimum atomic E-state index is -0.530. The molecule has 12 nitrogen and oxygen atoms in total. The van der Waals surface area contributed by atoms with Crippen LogP contribution in [-0.4, -0.2) is 126 Å². The Morgan fingerprint density at radius 2 is 1.24 bits per heavy atom. The summed E-state index contributed by atoms with van der Waals surface area (Å²) in [6, 6.07) is 7.58. The van der Waals surface area contributed by atoms with Crippen LogP contribution in [0.5, 0.6) is 0 Å². The summed E-state index contributed by atoms with van der Waals surface area (Å²) in [4.78, 5) is 51.5. The summed E-state index contributed by atoms with van der Waals surface area (Å²) in [5, 5.41) is 0. The fourth-order valence-electron chi connectivity index (χ4n) is 4.41. The predicted molar refractivity (Wildman–Crippen MR) is 167 cm³/mol. The van der Waals surface area contributed by atoms with Gasteiger partial charge >= 0.3 is 17.9 Å². The highest BCUT2D eigenvalue weighted by molar-refractivity contribution is 5.94. The second-order valence-electron chi connectivity index (χ2n) is 10.7. The zero-order valence-electron chi connectivity index (χ0n) is 26.7. The Bertz CT molecular complexity index is 1050. The molecule has 0 saturated carbocycles. The van der Waals surface area contributed by atoms with E-state index in [1.807, 2.05) is 43.0 Å². The average molecular weight is 633 g/mol. The van der Waals surface area contributed by atoms with Gasteiger partial charge in [-0.15, -0.1) is 0 Å². The van der Waals surface area contributed by atoms with Crippen molar-refractivity contribution in [3.63, 3.8) is 0 Å². The first-order chi connectivity index (χ1) is 21.7. The summed E-state index contributed by atoms with van der Waals surface area (Å²) in [6.07, 6.45) is 3.07. The first-order valence-corrected chi connectivity index (χ1v) is 15.3. The van der Waals surface area contributed by atoms with Crippen molar-refractivity contribution in [3.8, 4) is 0 Å². The van der Waals surface area contributed by atoms with E-state index in [9.17, 15) is 19.2 Å². The maximum Gasteiger partial charge on any atom is 0.330 e.